The van der Waals surface area contributed by atoms with Crippen molar-refractivity contribution in [2.75, 3.05) is 0 Å². The van der Waals surface area contributed by atoms with E-state index in [1.807, 2.05) is 30.3 Å². The second-order valence-corrected chi connectivity index (χ2v) is 7.95. The average Bonchev–Trinajstić information content (AvgIpc) is 3.11. The van der Waals surface area contributed by atoms with Gasteiger partial charge in [0, 0.05) is 17.6 Å². The first-order chi connectivity index (χ1) is 13.7. The third kappa shape index (κ3) is 4.20. The van der Waals surface area contributed by atoms with E-state index in [-0.39, 0.29) is 11.7 Å². The number of nitrogens with one attached hydrogen (secondary N) is 1. The molecular weight excluding hydrogens is 371 g/mol. The fraction of sp³-hybridized carbons (Fsp3) is 0.217. The Bertz CT molecular complexity index is 993. The normalized spacial score (nSPS) is 13.5. The maximum absolute atomic E-state index is 13.1. The number of halogens is 1. The van der Waals surface area contributed by atoms with Gasteiger partial charge in [-0.1, -0.05) is 42.5 Å². The van der Waals surface area contributed by atoms with Crippen LogP contribution in [-0.4, -0.2) is 12.1 Å². The highest BCUT2D eigenvalue weighted by Crippen LogP contribution is 2.39. The third-order valence-electron chi connectivity index (χ3n) is 4.88. The molecule has 1 amide bonds. The Morgan fingerprint density at radius 1 is 1.07 bits per heavy atom. The molecule has 0 unspecified atom stereocenters. The lowest BCUT2D eigenvalue weighted by Crippen LogP contribution is -2.24. The number of rotatable bonds is 5. The van der Waals surface area contributed by atoms with Gasteiger partial charge >= 0.3 is 0 Å². The molecule has 0 aliphatic heterocycles. The van der Waals surface area contributed by atoms with Gasteiger partial charge in [-0.25, -0.2) is 9.38 Å². The zero-order valence-corrected chi connectivity index (χ0v) is 16.3. The number of carbonyl (C=O) groups excluding carboxylic acids is 1. The highest BCUT2D eigenvalue weighted by molar-refractivity contribution is 7.16. The van der Waals surface area contributed by atoms with Crippen molar-refractivity contribution in [2.24, 2.45) is 4.99 Å². The van der Waals surface area contributed by atoms with Gasteiger partial charge in [-0.2, -0.15) is 0 Å². The number of fused-ring (bicyclic) bond motifs is 1. The van der Waals surface area contributed by atoms with E-state index in [1.165, 1.54) is 17.0 Å². The van der Waals surface area contributed by atoms with Crippen molar-refractivity contribution >= 4 is 28.5 Å². The molecule has 5 heteroatoms. The van der Waals surface area contributed by atoms with Crippen molar-refractivity contribution in [3.05, 3.63) is 87.5 Å². The van der Waals surface area contributed by atoms with Gasteiger partial charge in [-0.15, -0.1) is 11.3 Å². The highest BCUT2D eigenvalue weighted by Gasteiger charge is 2.25. The summed E-state index contributed by atoms with van der Waals surface area (Å²) in [6, 6.07) is 16.1. The molecule has 3 nitrogen and oxygen atoms in total. The summed E-state index contributed by atoms with van der Waals surface area (Å²) in [5.74, 6) is -0.348. The minimum absolute atomic E-state index is 0.0745. The summed E-state index contributed by atoms with van der Waals surface area (Å²) < 4.78 is 13.1. The monoisotopic (exact) mass is 392 g/mol. The maximum atomic E-state index is 13.1. The first-order valence-electron chi connectivity index (χ1n) is 9.47. The Morgan fingerprint density at radius 2 is 1.82 bits per heavy atom. The topological polar surface area (TPSA) is 41.5 Å². The summed E-state index contributed by atoms with van der Waals surface area (Å²) in [5, 5.41) is 3.78. The Morgan fingerprint density at radius 3 is 2.61 bits per heavy atom. The van der Waals surface area contributed by atoms with Crippen LogP contribution in [0.4, 0.5) is 9.39 Å². The largest absolute Gasteiger partial charge is 0.348 e. The van der Waals surface area contributed by atoms with Gasteiger partial charge in [0.2, 0.25) is 0 Å². The summed E-state index contributed by atoms with van der Waals surface area (Å²) in [5.41, 5.74) is 3.72. The minimum Gasteiger partial charge on any atom is -0.348 e. The Labute approximate surface area is 168 Å². The van der Waals surface area contributed by atoms with Crippen LogP contribution in [0.15, 0.2) is 59.6 Å². The lowest BCUT2D eigenvalue weighted by molar-refractivity contribution is 0.0951. The molecular formula is C23H21FN2OS. The van der Waals surface area contributed by atoms with Crippen molar-refractivity contribution in [1.29, 1.82) is 0 Å². The molecule has 2 aromatic carbocycles. The second kappa shape index (κ2) is 8.48. The van der Waals surface area contributed by atoms with E-state index in [2.05, 4.69) is 10.3 Å². The standard InChI is InChI=1S/C23H21FN2OS/c24-18-12-10-17(11-13-18)15-26-23-21(19-8-4-5-9-20(19)28-23)22(27)25-14-16-6-2-1-3-7-16/h1-3,6-7,10-13,15H,4-5,8-9,14H2,(H,25,27). The molecule has 0 saturated carbocycles. The number of amides is 1. The number of hydrogen-bond acceptors (Lipinski definition) is 3. The van der Waals surface area contributed by atoms with Gasteiger partial charge in [0.1, 0.15) is 10.8 Å². The second-order valence-electron chi connectivity index (χ2n) is 6.87. The Balaban J connectivity index is 1.60. The van der Waals surface area contributed by atoms with Gasteiger partial charge in [0.15, 0.2) is 0 Å². The number of thiophene rings is 1. The van der Waals surface area contributed by atoms with E-state index in [0.717, 1.165) is 47.4 Å². The third-order valence-corrected chi connectivity index (χ3v) is 6.08. The molecule has 142 valence electrons. The summed E-state index contributed by atoms with van der Waals surface area (Å²) in [7, 11) is 0. The van der Waals surface area contributed by atoms with Crippen molar-refractivity contribution < 1.29 is 9.18 Å². The van der Waals surface area contributed by atoms with Crippen LogP contribution in [0.1, 0.15) is 44.8 Å². The van der Waals surface area contributed by atoms with Crippen LogP contribution in [0.3, 0.4) is 0 Å². The van der Waals surface area contributed by atoms with Gasteiger partial charge in [-0.05, 0) is 54.5 Å². The SMILES string of the molecule is O=C(NCc1ccccc1)c1c(N=Cc2ccc(F)cc2)sc2c1CCCC2. The molecule has 1 aromatic heterocycles. The van der Waals surface area contributed by atoms with Crippen molar-refractivity contribution in [2.45, 2.75) is 32.2 Å². The number of nitrogens with zero attached hydrogens (tertiary/aromatic N) is 1. The summed E-state index contributed by atoms with van der Waals surface area (Å²) in [4.78, 5) is 18.9. The molecule has 3 aromatic rings. The Kier molecular flexibility index (Phi) is 5.63. The summed E-state index contributed by atoms with van der Waals surface area (Å²) >= 11 is 1.60. The van der Waals surface area contributed by atoms with Crippen LogP contribution in [0.5, 0.6) is 0 Å². The fourth-order valence-corrected chi connectivity index (χ4v) is 4.66. The summed E-state index contributed by atoms with van der Waals surface area (Å²) in [6.45, 7) is 0.491. The predicted molar refractivity (Wildman–Crippen MR) is 112 cm³/mol. The lowest BCUT2D eigenvalue weighted by atomic mass is 9.95. The molecule has 0 atom stereocenters. The molecule has 0 saturated heterocycles. The van der Waals surface area contributed by atoms with Crippen LogP contribution in [-0.2, 0) is 19.4 Å². The minimum atomic E-state index is -0.273. The summed E-state index contributed by atoms with van der Waals surface area (Å²) in [6.07, 6.45) is 5.88. The van der Waals surface area contributed by atoms with Crippen LogP contribution in [0, 0.1) is 5.82 Å². The van der Waals surface area contributed by atoms with E-state index >= 15 is 0 Å². The first-order valence-corrected chi connectivity index (χ1v) is 10.3. The van der Waals surface area contributed by atoms with Gasteiger partial charge < -0.3 is 5.32 Å². The molecule has 1 N–H and O–H groups in total. The Hall–Kier alpha value is -2.79. The molecule has 1 aliphatic carbocycles. The van der Waals surface area contributed by atoms with Crippen LogP contribution < -0.4 is 5.32 Å². The van der Waals surface area contributed by atoms with Crippen molar-refractivity contribution in [1.82, 2.24) is 5.32 Å². The highest BCUT2D eigenvalue weighted by atomic mass is 32.1. The van der Waals surface area contributed by atoms with E-state index in [4.69, 9.17) is 0 Å². The zero-order chi connectivity index (χ0) is 19.3. The van der Waals surface area contributed by atoms with Gasteiger partial charge in [0.05, 0.1) is 5.56 Å². The smallest absolute Gasteiger partial charge is 0.254 e. The number of carbonyl (C=O) groups is 1. The van der Waals surface area contributed by atoms with Gasteiger partial charge in [-0.3, -0.25) is 4.79 Å². The average molecular weight is 392 g/mol. The molecule has 0 spiro atoms. The fourth-order valence-electron chi connectivity index (χ4n) is 3.43. The van der Waals surface area contributed by atoms with Crippen molar-refractivity contribution in [3.63, 3.8) is 0 Å². The quantitative estimate of drug-likeness (QED) is 0.577. The number of benzene rings is 2. The molecule has 0 bridgehead atoms. The van der Waals surface area contributed by atoms with E-state index in [9.17, 15) is 9.18 Å². The molecule has 0 fully saturated rings. The molecule has 1 aliphatic rings. The maximum Gasteiger partial charge on any atom is 0.254 e. The predicted octanol–water partition coefficient (Wildman–Crippen LogP) is 5.45. The lowest BCUT2D eigenvalue weighted by Gasteiger charge is -2.12. The number of aryl methyl sites for hydroxylation is 1. The molecule has 28 heavy (non-hydrogen) atoms. The van der Waals surface area contributed by atoms with Gasteiger partial charge in [0.25, 0.3) is 5.91 Å². The molecule has 1 heterocycles. The zero-order valence-electron chi connectivity index (χ0n) is 15.5. The van der Waals surface area contributed by atoms with Crippen molar-refractivity contribution in [3.8, 4) is 0 Å². The molecule has 0 radical (unpaired) electrons. The van der Waals surface area contributed by atoms with Crippen LogP contribution >= 0.6 is 11.3 Å². The molecule has 4 rings (SSSR count). The number of hydrogen-bond donors (Lipinski definition) is 1. The van der Waals surface area contributed by atoms with Crippen LogP contribution in [0.2, 0.25) is 0 Å². The number of aliphatic imine (C=N–C) groups is 1. The van der Waals surface area contributed by atoms with Crippen LogP contribution in [0.25, 0.3) is 0 Å². The first kappa shape index (κ1) is 18.6. The van der Waals surface area contributed by atoms with E-state index in [0.29, 0.717) is 12.1 Å². The van der Waals surface area contributed by atoms with E-state index < -0.39 is 0 Å². The van der Waals surface area contributed by atoms with E-state index in [1.54, 1.807) is 29.7 Å².